The Morgan fingerprint density at radius 3 is 2.67 bits per heavy atom. The Labute approximate surface area is 176 Å². The maximum Gasteiger partial charge on any atom is 0.223 e. The first-order valence-corrected chi connectivity index (χ1v) is 10.5. The Bertz CT molecular complexity index is 1010. The molecular formula is C24H28FN3O2. The van der Waals surface area contributed by atoms with Crippen LogP contribution in [0.25, 0.3) is 10.9 Å². The highest BCUT2D eigenvalue weighted by molar-refractivity contribution is 5.84. The molecule has 1 atom stereocenters. The molecule has 158 valence electrons. The number of hydrogen-bond donors (Lipinski definition) is 2. The van der Waals surface area contributed by atoms with Crippen LogP contribution in [-0.4, -0.2) is 36.0 Å². The van der Waals surface area contributed by atoms with Gasteiger partial charge in [0.15, 0.2) is 0 Å². The topological polar surface area (TPSA) is 57.4 Å². The first-order chi connectivity index (χ1) is 14.5. The molecule has 2 aromatic carbocycles. The van der Waals surface area contributed by atoms with Crippen molar-refractivity contribution in [3.63, 3.8) is 0 Å². The van der Waals surface area contributed by atoms with Crippen LogP contribution in [0.5, 0.6) is 5.75 Å². The molecule has 3 aromatic rings. The molecule has 0 radical (unpaired) electrons. The molecule has 6 heteroatoms. The fraction of sp³-hybridized carbons (Fsp3) is 0.375. The molecule has 30 heavy (non-hydrogen) atoms. The Balaban J connectivity index is 1.31. The molecule has 0 bridgehead atoms. The molecule has 1 unspecified atom stereocenters. The highest BCUT2D eigenvalue weighted by atomic mass is 19.1. The second kappa shape index (κ2) is 8.88. The Kier molecular flexibility index (Phi) is 6.04. The van der Waals surface area contributed by atoms with E-state index in [-0.39, 0.29) is 23.7 Å². The smallest absolute Gasteiger partial charge is 0.223 e. The van der Waals surface area contributed by atoms with Crippen LogP contribution in [0.4, 0.5) is 4.39 Å². The molecule has 1 amide bonds. The Hall–Kier alpha value is -2.86. The molecule has 2 heterocycles. The predicted octanol–water partition coefficient (Wildman–Crippen LogP) is 4.41. The summed E-state index contributed by atoms with van der Waals surface area (Å²) in [5, 5.41) is 4.27. The van der Waals surface area contributed by atoms with E-state index in [1.807, 2.05) is 19.1 Å². The zero-order chi connectivity index (χ0) is 21.1. The maximum atomic E-state index is 13.1. The summed E-state index contributed by atoms with van der Waals surface area (Å²) in [4.78, 5) is 18.4. The lowest BCUT2D eigenvalue weighted by Gasteiger charge is -2.31. The zero-order valence-corrected chi connectivity index (χ0v) is 17.5. The van der Waals surface area contributed by atoms with Crippen LogP contribution in [0.1, 0.15) is 36.9 Å². The van der Waals surface area contributed by atoms with E-state index in [9.17, 15) is 9.18 Å². The van der Waals surface area contributed by atoms with Crippen LogP contribution < -0.4 is 10.1 Å². The van der Waals surface area contributed by atoms with Crippen molar-refractivity contribution in [2.75, 3.05) is 20.2 Å². The van der Waals surface area contributed by atoms with Crippen molar-refractivity contribution in [2.45, 2.75) is 32.4 Å². The van der Waals surface area contributed by atoms with E-state index in [0.717, 1.165) is 49.3 Å². The average Bonchev–Trinajstić information content (AvgIpc) is 3.16. The third-order valence-electron chi connectivity index (χ3n) is 6.06. The van der Waals surface area contributed by atoms with Gasteiger partial charge in [0, 0.05) is 29.6 Å². The van der Waals surface area contributed by atoms with Crippen molar-refractivity contribution in [1.82, 2.24) is 15.2 Å². The normalized spacial score (nSPS) is 16.5. The van der Waals surface area contributed by atoms with Crippen molar-refractivity contribution in [3.8, 4) is 5.75 Å². The lowest BCUT2D eigenvalue weighted by molar-refractivity contribution is -0.127. The molecule has 4 rings (SSSR count). The van der Waals surface area contributed by atoms with Crippen LogP contribution in [0.2, 0.25) is 0 Å². The first-order valence-electron chi connectivity index (χ1n) is 10.5. The molecule has 5 nitrogen and oxygen atoms in total. The summed E-state index contributed by atoms with van der Waals surface area (Å²) in [7, 11) is 1.68. The third kappa shape index (κ3) is 4.49. The summed E-state index contributed by atoms with van der Waals surface area (Å²) in [6.07, 6.45) is 3.74. The largest absolute Gasteiger partial charge is 0.497 e. The minimum Gasteiger partial charge on any atom is -0.497 e. The summed E-state index contributed by atoms with van der Waals surface area (Å²) in [6, 6.07) is 12.2. The van der Waals surface area contributed by atoms with Crippen molar-refractivity contribution < 1.29 is 13.9 Å². The molecule has 1 aliphatic heterocycles. The second-order valence-electron chi connectivity index (χ2n) is 8.06. The number of likely N-dealkylation sites (tertiary alicyclic amines) is 1. The van der Waals surface area contributed by atoms with Crippen LogP contribution in [0, 0.1) is 11.7 Å². The van der Waals surface area contributed by atoms with Crippen molar-refractivity contribution in [3.05, 3.63) is 65.6 Å². The Morgan fingerprint density at radius 2 is 1.97 bits per heavy atom. The van der Waals surface area contributed by atoms with E-state index in [1.165, 1.54) is 23.1 Å². The van der Waals surface area contributed by atoms with Crippen LogP contribution in [0.15, 0.2) is 48.7 Å². The number of piperidine rings is 1. The van der Waals surface area contributed by atoms with Gasteiger partial charge in [-0.25, -0.2) is 4.39 Å². The summed E-state index contributed by atoms with van der Waals surface area (Å²) in [5.74, 6) is 0.697. The van der Waals surface area contributed by atoms with Gasteiger partial charge < -0.3 is 15.0 Å². The molecule has 0 aliphatic carbocycles. The summed E-state index contributed by atoms with van der Waals surface area (Å²) in [5.41, 5.74) is 3.27. The first kappa shape index (κ1) is 20.4. The number of carbonyl (C=O) groups excluding carboxylic acids is 1. The summed E-state index contributed by atoms with van der Waals surface area (Å²) in [6.45, 7) is 4.57. The van der Waals surface area contributed by atoms with E-state index in [1.54, 1.807) is 19.2 Å². The minimum absolute atomic E-state index is 0.0206. The number of nitrogens with zero attached hydrogens (tertiary/aromatic N) is 1. The molecule has 1 aromatic heterocycles. The van der Waals surface area contributed by atoms with Gasteiger partial charge in [-0.15, -0.1) is 0 Å². The van der Waals surface area contributed by atoms with Gasteiger partial charge in [0.2, 0.25) is 5.91 Å². The number of benzene rings is 2. The van der Waals surface area contributed by atoms with E-state index in [2.05, 4.69) is 27.5 Å². The van der Waals surface area contributed by atoms with Gasteiger partial charge >= 0.3 is 0 Å². The van der Waals surface area contributed by atoms with Gasteiger partial charge in [0.05, 0.1) is 13.2 Å². The number of amides is 1. The number of ether oxygens (including phenoxy) is 1. The lowest BCUT2D eigenvalue weighted by atomic mass is 9.94. The van der Waals surface area contributed by atoms with Crippen LogP contribution in [0.3, 0.4) is 0 Å². The summed E-state index contributed by atoms with van der Waals surface area (Å²) >= 11 is 0. The van der Waals surface area contributed by atoms with Gasteiger partial charge in [0.1, 0.15) is 11.6 Å². The number of halogens is 1. The number of aromatic nitrogens is 1. The van der Waals surface area contributed by atoms with Gasteiger partial charge in [-0.05, 0) is 74.3 Å². The van der Waals surface area contributed by atoms with E-state index in [4.69, 9.17) is 4.74 Å². The third-order valence-corrected chi connectivity index (χ3v) is 6.06. The number of fused-ring (bicyclic) bond motifs is 1. The van der Waals surface area contributed by atoms with Crippen molar-refractivity contribution >= 4 is 16.8 Å². The highest BCUT2D eigenvalue weighted by Gasteiger charge is 2.26. The number of aromatic amines is 1. The highest BCUT2D eigenvalue weighted by Crippen LogP contribution is 2.27. The molecule has 1 aliphatic rings. The molecule has 1 fully saturated rings. The minimum atomic E-state index is -0.265. The van der Waals surface area contributed by atoms with Crippen LogP contribution >= 0.6 is 0 Å². The number of nitrogens with one attached hydrogen (secondary N) is 2. The van der Waals surface area contributed by atoms with Crippen molar-refractivity contribution in [2.24, 2.45) is 5.92 Å². The fourth-order valence-corrected chi connectivity index (χ4v) is 4.18. The van der Waals surface area contributed by atoms with Crippen molar-refractivity contribution in [1.29, 1.82) is 0 Å². The fourth-order valence-electron chi connectivity index (χ4n) is 4.18. The molecule has 2 N–H and O–H groups in total. The molecule has 0 spiro atoms. The van der Waals surface area contributed by atoms with Gasteiger partial charge in [0.25, 0.3) is 0 Å². The quantitative estimate of drug-likeness (QED) is 0.634. The zero-order valence-electron chi connectivity index (χ0n) is 17.5. The SMILES string of the molecule is COc1ccc2[nH]cc(CN3CCC(C(=O)NC(C)c4ccc(F)cc4)CC3)c2c1. The van der Waals surface area contributed by atoms with E-state index >= 15 is 0 Å². The van der Waals surface area contributed by atoms with Gasteiger partial charge in [-0.2, -0.15) is 0 Å². The molecule has 1 saturated heterocycles. The van der Waals surface area contributed by atoms with E-state index < -0.39 is 0 Å². The average molecular weight is 410 g/mol. The molecule has 0 saturated carbocycles. The predicted molar refractivity (Wildman–Crippen MR) is 116 cm³/mol. The number of methoxy groups -OCH3 is 1. The number of H-pyrrole nitrogens is 1. The van der Waals surface area contributed by atoms with E-state index in [0.29, 0.717) is 0 Å². The molecular weight excluding hydrogens is 381 g/mol. The monoisotopic (exact) mass is 409 g/mol. The Morgan fingerprint density at radius 1 is 1.23 bits per heavy atom. The summed E-state index contributed by atoms with van der Waals surface area (Å²) < 4.78 is 18.5. The van der Waals surface area contributed by atoms with Crippen LogP contribution in [-0.2, 0) is 11.3 Å². The number of rotatable bonds is 6. The number of hydrogen-bond acceptors (Lipinski definition) is 3. The van der Waals surface area contributed by atoms with Gasteiger partial charge in [-0.3, -0.25) is 9.69 Å². The maximum absolute atomic E-state index is 13.1. The second-order valence-corrected chi connectivity index (χ2v) is 8.06. The van der Waals surface area contributed by atoms with Gasteiger partial charge in [-0.1, -0.05) is 12.1 Å². The standard InChI is InChI=1S/C24H28FN3O2/c1-16(17-3-5-20(25)6-4-17)27-24(29)18-9-11-28(12-10-18)15-19-14-26-23-8-7-21(30-2)13-22(19)23/h3-8,13-14,16,18,26H,9-12,15H2,1-2H3,(H,27,29). The number of carbonyl (C=O) groups is 1. The lowest BCUT2D eigenvalue weighted by Crippen LogP contribution is -2.40.